The van der Waals surface area contributed by atoms with Gasteiger partial charge in [0.2, 0.25) is 0 Å². The second kappa shape index (κ2) is 5.04. The highest BCUT2D eigenvalue weighted by molar-refractivity contribution is 7.80. The van der Waals surface area contributed by atoms with Gasteiger partial charge in [0.25, 0.3) is 0 Å². The lowest BCUT2D eigenvalue weighted by molar-refractivity contribution is -0.118. The molecule has 0 radical (unpaired) electrons. The number of nitrogens with zero attached hydrogens (tertiary/aromatic N) is 2. The van der Waals surface area contributed by atoms with E-state index in [0.29, 0.717) is 0 Å². The van der Waals surface area contributed by atoms with Gasteiger partial charge in [-0.2, -0.15) is 0 Å². The number of halogens is 5. The Labute approximate surface area is 96.8 Å². The summed E-state index contributed by atoms with van der Waals surface area (Å²) < 4.78 is 62.2. The van der Waals surface area contributed by atoms with E-state index in [0.717, 1.165) is 18.2 Å². The van der Waals surface area contributed by atoms with Gasteiger partial charge in [0.05, 0.1) is 5.56 Å². The molecule has 1 aromatic rings. The van der Waals surface area contributed by atoms with Gasteiger partial charge in [-0.15, -0.1) is 5.12 Å². The molecule has 0 aliphatic carbocycles. The third kappa shape index (κ3) is 2.67. The first-order valence-corrected chi connectivity index (χ1v) is 4.37. The van der Waals surface area contributed by atoms with Gasteiger partial charge in [-0.3, -0.25) is 0 Å². The van der Waals surface area contributed by atoms with Crippen molar-refractivity contribution in [3.8, 4) is 0 Å². The number of rotatable bonds is 1. The van der Waals surface area contributed by atoms with Gasteiger partial charge in [-0.05, 0) is 12.1 Å². The molecule has 0 aromatic heterocycles. The smallest absolute Gasteiger partial charge is 0.240 e. The fourth-order valence-corrected chi connectivity index (χ4v) is 1.16. The van der Waals surface area contributed by atoms with Crippen LogP contribution in [0.1, 0.15) is 5.56 Å². The topological polar surface area (TPSA) is 23.6 Å². The van der Waals surface area contributed by atoms with E-state index in [1.165, 1.54) is 0 Å². The first kappa shape index (κ1) is 13.3. The monoisotopic (exact) mass is 270 g/mol. The van der Waals surface area contributed by atoms with Gasteiger partial charge < -0.3 is 0 Å². The predicted octanol–water partition coefficient (Wildman–Crippen LogP) is 3.02. The van der Waals surface area contributed by atoms with Gasteiger partial charge in [-0.1, -0.05) is 31.7 Å². The zero-order chi connectivity index (χ0) is 13.2. The molecule has 0 aliphatic rings. The Balaban J connectivity index is 3.05. The Kier molecular flexibility index (Phi) is 3.94. The minimum absolute atomic E-state index is 0.725. The van der Waals surface area contributed by atoms with Crippen molar-refractivity contribution in [3.63, 3.8) is 0 Å². The van der Waals surface area contributed by atoms with Crippen LogP contribution in [0.2, 0.25) is 0 Å². The van der Waals surface area contributed by atoms with E-state index in [-0.39, 0.29) is 0 Å². The lowest BCUT2D eigenvalue weighted by Crippen LogP contribution is -2.34. The molecule has 1 aromatic carbocycles. The van der Waals surface area contributed by atoms with Crippen LogP contribution in [0.4, 0.5) is 27.0 Å². The molecule has 1 rings (SSSR count). The number of hydrogen-bond donors (Lipinski definition) is 0. The molecule has 0 heterocycles. The van der Waals surface area contributed by atoms with Crippen molar-refractivity contribution in [1.29, 1.82) is 0 Å². The Hall–Kier alpha value is -1.77. The standard InChI is InChI=1S/C8H3F5N2OS/c9-5-3-1-2-4(6(5)10)7(17)14(11)8(16)15(12)13/h1-3H. The Bertz CT molecular complexity index is 467. The maximum Gasteiger partial charge on any atom is 0.411 e. The summed E-state index contributed by atoms with van der Waals surface area (Å²) in [5.41, 5.74) is -0.808. The van der Waals surface area contributed by atoms with Crippen LogP contribution in [0.15, 0.2) is 18.2 Å². The number of thiocarbonyl (C=S) groups is 1. The second-order valence-electron chi connectivity index (χ2n) is 2.70. The third-order valence-electron chi connectivity index (χ3n) is 1.67. The van der Waals surface area contributed by atoms with E-state index in [1.807, 2.05) is 0 Å². The van der Waals surface area contributed by atoms with Crippen molar-refractivity contribution in [2.75, 3.05) is 0 Å². The minimum atomic E-state index is -2.40. The molecular formula is C8H3F5N2OS. The lowest BCUT2D eigenvalue weighted by Gasteiger charge is -2.13. The average molecular weight is 270 g/mol. The molecule has 0 saturated carbocycles. The summed E-state index contributed by atoms with van der Waals surface area (Å²) in [6.45, 7) is 0. The number of hydrogen-bond acceptors (Lipinski definition) is 2. The van der Waals surface area contributed by atoms with Gasteiger partial charge >= 0.3 is 6.03 Å². The molecule has 0 saturated heterocycles. The summed E-state index contributed by atoms with van der Waals surface area (Å²) in [5, 5.41) is -3.24. The molecule has 3 nitrogen and oxygen atoms in total. The number of urea groups is 1. The van der Waals surface area contributed by atoms with Crippen molar-refractivity contribution in [1.82, 2.24) is 10.5 Å². The van der Waals surface area contributed by atoms with Gasteiger partial charge in [0.1, 0.15) is 0 Å². The van der Waals surface area contributed by atoms with E-state index in [1.54, 1.807) is 0 Å². The first-order chi connectivity index (χ1) is 7.86. The van der Waals surface area contributed by atoms with Crippen LogP contribution in [0.3, 0.4) is 0 Å². The molecule has 0 unspecified atom stereocenters. The number of carbonyl (C=O) groups is 1. The largest absolute Gasteiger partial charge is 0.411 e. The Morgan fingerprint density at radius 3 is 2.29 bits per heavy atom. The van der Waals surface area contributed by atoms with E-state index in [2.05, 4.69) is 12.2 Å². The normalized spacial score (nSPS) is 9.94. The van der Waals surface area contributed by atoms with E-state index in [4.69, 9.17) is 0 Å². The second-order valence-corrected chi connectivity index (χ2v) is 3.09. The van der Waals surface area contributed by atoms with Crippen LogP contribution in [0.25, 0.3) is 0 Å². The van der Waals surface area contributed by atoms with Crippen molar-refractivity contribution in [3.05, 3.63) is 35.4 Å². The highest BCUT2D eigenvalue weighted by Gasteiger charge is 2.28. The zero-order valence-electron chi connectivity index (χ0n) is 7.83. The summed E-state index contributed by atoms with van der Waals surface area (Å²) in [7, 11) is 0. The molecule has 0 spiro atoms. The third-order valence-corrected chi connectivity index (χ3v) is 2.05. The van der Waals surface area contributed by atoms with Crippen LogP contribution < -0.4 is 0 Å². The quantitative estimate of drug-likeness (QED) is 0.445. The Morgan fingerprint density at radius 2 is 1.76 bits per heavy atom. The maximum atomic E-state index is 13.1. The summed E-state index contributed by atoms with van der Waals surface area (Å²) in [6, 6.07) is 0.156. The molecule has 0 aliphatic heterocycles. The van der Waals surface area contributed by atoms with Gasteiger partial charge in [0.15, 0.2) is 16.6 Å². The van der Waals surface area contributed by atoms with Crippen LogP contribution in [-0.2, 0) is 0 Å². The predicted molar refractivity (Wildman–Crippen MR) is 50.5 cm³/mol. The van der Waals surface area contributed by atoms with Gasteiger partial charge in [-0.25, -0.2) is 13.6 Å². The number of benzene rings is 1. The van der Waals surface area contributed by atoms with Gasteiger partial charge in [0, 0.05) is 5.34 Å². The number of amides is 2. The molecular weight excluding hydrogens is 267 g/mol. The fraction of sp³-hybridized carbons (Fsp3) is 0. The molecule has 0 N–H and O–H groups in total. The molecule has 0 bridgehead atoms. The van der Waals surface area contributed by atoms with E-state index >= 15 is 0 Å². The van der Waals surface area contributed by atoms with Crippen molar-refractivity contribution >= 4 is 23.2 Å². The van der Waals surface area contributed by atoms with Crippen molar-refractivity contribution < 1.29 is 27.0 Å². The first-order valence-electron chi connectivity index (χ1n) is 3.96. The summed E-state index contributed by atoms with van der Waals surface area (Å²) in [6.07, 6.45) is 0. The summed E-state index contributed by atoms with van der Waals surface area (Å²) in [4.78, 5) is 9.28. The van der Waals surface area contributed by atoms with E-state index < -0.39 is 38.7 Å². The van der Waals surface area contributed by atoms with Crippen molar-refractivity contribution in [2.45, 2.75) is 0 Å². The average Bonchev–Trinajstić information content (AvgIpc) is 2.29. The zero-order valence-corrected chi connectivity index (χ0v) is 8.65. The molecule has 0 atom stereocenters. The molecule has 92 valence electrons. The van der Waals surface area contributed by atoms with E-state index in [9.17, 15) is 27.0 Å². The van der Waals surface area contributed by atoms with Crippen LogP contribution in [-0.4, -0.2) is 21.5 Å². The Morgan fingerprint density at radius 1 is 1.18 bits per heavy atom. The SMILES string of the molecule is O=C(N(F)F)N(F)C(=S)c1cccc(F)c1F. The molecule has 2 amide bonds. The molecule has 17 heavy (non-hydrogen) atoms. The number of carbonyl (C=O) groups excluding carboxylic acids is 1. The minimum Gasteiger partial charge on any atom is -0.240 e. The molecule has 0 fully saturated rings. The van der Waals surface area contributed by atoms with Crippen LogP contribution >= 0.6 is 12.2 Å². The maximum absolute atomic E-state index is 13.1. The van der Waals surface area contributed by atoms with Crippen LogP contribution in [0.5, 0.6) is 0 Å². The molecule has 9 heteroatoms. The highest BCUT2D eigenvalue weighted by atomic mass is 32.1. The van der Waals surface area contributed by atoms with Crippen molar-refractivity contribution in [2.24, 2.45) is 0 Å². The highest BCUT2D eigenvalue weighted by Crippen LogP contribution is 2.16. The fourth-order valence-electron chi connectivity index (χ4n) is 0.928. The van der Waals surface area contributed by atoms with Crippen LogP contribution in [0, 0.1) is 11.6 Å². The lowest BCUT2D eigenvalue weighted by atomic mass is 10.2. The summed E-state index contributed by atoms with van der Waals surface area (Å²) >= 11 is 4.25. The summed E-state index contributed by atoms with van der Waals surface area (Å²) in [5.74, 6) is -2.87.